The monoisotopic (exact) mass is 295 g/mol. The Kier molecular flexibility index (Phi) is 4.49. The maximum atomic E-state index is 10.5. The Bertz CT molecular complexity index is 667. The van der Waals surface area contributed by atoms with Crippen LogP contribution in [0.15, 0.2) is 59.8 Å². The molecule has 1 heterocycles. The molecule has 1 atom stereocenters. The van der Waals surface area contributed by atoms with Crippen molar-refractivity contribution in [1.82, 2.24) is 0 Å². The van der Waals surface area contributed by atoms with Gasteiger partial charge in [0, 0.05) is 18.4 Å². The first-order valence-electron chi connectivity index (χ1n) is 7.35. The van der Waals surface area contributed by atoms with E-state index < -0.39 is 0 Å². The molecule has 22 heavy (non-hydrogen) atoms. The van der Waals surface area contributed by atoms with Crippen molar-refractivity contribution in [3.8, 4) is 11.5 Å². The molecule has 0 spiro atoms. The number of carbonyl (C=O) groups is 1. The highest BCUT2D eigenvalue weighted by atomic mass is 16.6. The van der Waals surface area contributed by atoms with E-state index in [1.807, 2.05) is 54.6 Å². The second kappa shape index (κ2) is 6.89. The molecule has 112 valence electrons. The summed E-state index contributed by atoms with van der Waals surface area (Å²) in [7, 11) is 0. The van der Waals surface area contributed by atoms with Gasteiger partial charge in [-0.05, 0) is 30.7 Å². The molecular weight excluding hydrogens is 278 g/mol. The molecule has 2 aromatic carbocycles. The van der Waals surface area contributed by atoms with E-state index >= 15 is 0 Å². The fraction of sp³-hybridized carbons (Fsp3) is 0.222. The van der Waals surface area contributed by atoms with Crippen molar-refractivity contribution >= 4 is 12.0 Å². The Morgan fingerprint density at radius 1 is 1.14 bits per heavy atom. The first-order chi connectivity index (χ1) is 10.9. The van der Waals surface area contributed by atoms with E-state index in [4.69, 9.17) is 9.57 Å². The van der Waals surface area contributed by atoms with Crippen molar-refractivity contribution in [2.24, 2.45) is 5.16 Å². The minimum absolute atomic E-state index is 0.0232. The van der Waals surface area contributed by atoms with E-state index in [9.17, 15) is 4.79 Å². The van der Waals surface area contributed by atoms with E-state index in [1.54, 1.807) is 0 Å². The van der Waals surface area contributed by atoms with Crippen molar-refractivity contribution < 1.29 is 14.4 Å². The Labute approximate surface area is 129 Å². The lowest BCUT2D eigenvalue weighted by atomic mass is 10.0. The van der Waals surface area contributed by atoms with Crippen LogP contribution in [-0.4, -0.2) is 18.1 Å². The SMILES string of the molecule is O=CCCC1CC(c2ccccc2Oc2ccccc2)=NO1. The van der Waals surface area contributed by atoms with E-state index in [2.05, 4.69) is 5.16 Å². The summed E-state index contributed by atoms with van der Waals surface area (Å²) < 4.78 is 5.95. The predicted octanol–water partition coefficient (Wildman–Crippen LogP) is 3.95. The van der Waals surface area contributed by atoms with Crippen LogP contribution < -0.4 is 4.74 Å². The summed E-state index contributed by atoms with van der Waals surface area (Å²) in [6.45, 7) is 0. The minimum Gasteiger partial charge on any atom is -0.457 e. The summed E-state index contributed by atoms with van der Waals surface area (Å²) in [6, 6.07) is 17.4. The highest BCUT2D eigenvalue weighted by Gasteiger charge is 2.23. The topological polar surface area (TPSA) is 47.9 Å². The number of rotatable bonds is 6. The van der Waals surface area contributed by atoms with Crippen molar-refractivity contribution in [3.63, 3.8) is 0 Å². The Hall–Kier alpha value is -2.62. The van der Waals surface area contributed by atoms with E-state index in [0.29, 0.717) is 19.3 Å². The van der Waals surface area contributed by atoms with Crippen LogP contribution in [0.5, 0.6) is 11.5 Å². The van der Waals surface area contributed by atoms with E-state index in [-0.39, 0.29) is 6.10 Å². The third kappa shape index (κ3) is 3.34. The first kappa shape index (κ1) is 14.3. The van der Waals surface area contributed by atoms with Crippen molar-refractivity contribution in [1.29, 1.82) is 0 Å². The van der Waals surface area contributed by atoms with Gasteiger partial charge in [-0.3, -0.25) is 0 Å². The van der Waals surface area contributed by atoms with Crippen molar-refractivity contribution in [3.05, 3.63) is 60.2 Å². The molecule has 0 radical (unpaired) electrons. The summed E-state index contributed by atoms with van der Waals surface area (Å²) in [6.07, 6.45) is 2.77. The first-order valence-corrected chi connectivity index (χ1v) is 7.35. The van der Waals surface area contributed by atoms with Gasteiger partial charge in [0.1, 0.15) is 23.9 Å². The Balaban J connectivity index is 1.76. The molecule has 0 aromatic heterocycles. The number of aldehydes is 1. The van der Waals surface area contributed by atoms with Crippen LogP contribution in [0.3, 0.4) is 0 Å². The highest BCUT2D eigenvalue weighted by Crippen LogP contribution is 2.29. The van der Waals surface area contributed by atoms with Crippen LogP contribution in [0.4, 0.5) is 0 Å². The lowest BCUT2D eigenvalue weighted by molar-refractivity contribution is -0.108. The zero-order valence-corrected chi connectivity index (χ0v) is 12.1. The molecule has 0 N–H and O–H groups in total. The van der Waals surface area contributed by atoms with Gasteiger partial charge in [0.05, 0.1) is 5.71 Å². The number of carbonyl (C=O) groups excluding carboxylic acids is 1. The Morgan fingerprint density at radius 2 is 1.91 bits per heavy atom. The van der Waals surface area contributed by atoms with Crippen molar-refractivity contribution in [2.75, 3.05) is 0 Å². The second-order valence-electron chi connectivity index (χ2n) is 5.12. The maximum Gasteiger partial charge on any atom is 0.136 e. The van der Waals surface area contributed by atoms with E-state index in [1.165, 1.54) is 0 Å². The molecule has 4 heteroatoms. The molecule has 0 amide bonds. The van der Waals surface area contributed by atoms with Crippen LogP contribution in [0.2, 0.25) is 0 Å². The van der Waals surface area contributed by atoms with Crippen molar-refractivity contribution in [2.45, 2.75) is 25.4 Å². The number of nitrogens with zero attached hydrogens (tertiary/aromatic N) is 1. The fourth-order valence-corrected chi connectivity index (χ4v) is 2.41. The van der Waals surface area contributed by atoms with Gasteiger partial charge < -0.3 is 14.4 Å². The third-order valence-electron chi connectivity index (χ3n) is 3.51. The zero-order valence-electron chi connectivity index (χ0n) is 12.1. The van der Waals surface area contributed by atoms with Gasteiger partial charge in [0.25, 0.3) is 0 Å². The smallest absolute Gasteiger partial charge is 0.136 e. The highest BCUT2D eigenvalue weighted by molar-refractivity contribution is 6.03. The number of oxime groups is 1. The van der Waals surface area contributed by atoms with Gasteiger partial charge in [-0.1, -0.05) is 35.5 Å². The quantitative estimate of drug-likeness (QED) is 0.758. The second-order valence-corrected chi connectivity index (χ2v) is 5.12. The average Bonchev–Trinajstić information content (AvgIpc) is 3.03. The lowest BCUT2D eigenvalue weighted by Gasteiger charge is -2.10. The standard InChI is InChI=1S/C18H17NO3/c20-12-6-9-15-13-17(19-22-15)16-10-4-5-11-18(16)21-14-7-2-1-3-8-14/h1-5,7-8,10-12,15H,6,9,13H2. The normalized spacial score (nSPS) is 16.7. The van der Waals surface area contributed by atoms with Gasteiger partial charge in [0.2, 0.25) is 0 Å². The molecule has 2 aromatic rings. The van der Waals surface area contributed by atoms with Gasteiger partial charge in [-0.2, -0.15) is 0 Å². The van der Waals surface area contributed by atoms with Crippen LogP contribution >= 0.6 is 0 Å². The lowest BCUT2D eigenvalue weighted by Crippen LogP contribution is -2.09. The molecule has 0 saturated heterocycles. The van der Waals surface area contributed by atoms with E-state index in [0.717, 1.165) is 29.1 Å². The van der Waals surface area contributed by atoms with Gasteiger partial charge in [-0.15, -0.1) is 0 Å². The molecule has 0 bridgehead atoms. The summed E-state index contributed by atoms with van der Waals surface area (Å²) in [4.78, 5) is 15.9. The zero-order chi connectivity index (χ0) is 15.2. The largest absolute Gasteiger partial charge is 0.457 e. The third-order valence-corrected chi connectivity index (χ3v) is 3.51. The molecule has 0 fully saturated rings. The minimum atomic E-state index is -0.0232. The number of hydrogen-bond donors (Lipinski definition) is 0. The van der Waals surface area contributed by atoms with Crippen LogP contribution in [-0.2, 0) is 9.63 Å². The van der Waals surface area contributed by atoms with Crippen LogP contribution in [0.1, 0.15) is 24.8 Å². The molecule has 0 aliphatic carbocycles. The maximum absolute atomic E-state index is 10.5. The summed E-state index contributed by atoms with van der Waals surface area (Å²) in [5.41, 5.74) is 1.79. The fourth-order valence-electron chi connectivity index (χ4n) is 2.41. The molecule has 4 nitrogen and oxygen atoms in total. The molecular formula is C18H17NO3. The predicted molar refractivity (Wildman–Crippen MR) is 84.3 cm³/mol. The summed E-state index contributed by atoms with van der Waals surface area (Å²) >= 11 is 0. The molecule has 1 aliphatic heterocycles. The van der Waals surface area contributed by atoms with Crippen LogP contribution in [0, 0.1) is 0 Å². The van der Waals surface area contributed by atoms with Gasteiger partial charge >= 0.3 is 0 Å². The number of ether oxygens (including phenoxy) is 1. The molecule has 3 rings (SSSR count). The number of benzene rings is 2. The molecule has 1 aliphatic rings. The summed E-state index contributed by atoms with van der Waals surface area (Å²) in [5, 5.41) is 4.16. The number of hydrogen-bond acceptors (Lipinski definition) is 4. The summed E-state index contributed by atoms with van der Waals surface area (Å²) in [5.74, 6) is 1.54. The molecule has 1 unspecified atom stereocenters. The number of para-hydroxylation sites is 2. The Morgan fingerprint density at radius 3 is 2.73 bits per heavy atom. The molecule has 0 saturated carbocycles. The van der Waals surface area contributed by atoms with Gasteiger partial charge in [0.15, 0.2) is 0 Å². The van der Waals surface area contributed by atoms with Crippen LogP contribution in [0.25, 0.3) is 0 Å². The van der Waals surface area contributed by atoms with Gasteiger partial charge in [-0.25, -0.2) is 0 Å². The average molecular weight is 295 g/mol.